The van der Waals surface area contributed by atoms with Crippen LogP contribution in [0.5, 0.6) is 0 Å². The van der Waals surface area contributed by atoms with Crippen molar-refractivity contribution in [3.8, 4) is 0 Å². The van der Waals surface area contributed by atoms with Crippen molar-refractivity contribution >= 4 is 22.1 Å². The molecule has 0 aromatic carbocycles. The molecule has 0 radical (unpaired) electrons. The Labute approximate surface area is 91.2 Å². The van der Waals surface area contributed by atoms with Crippen molar-refractivity contribution in [2.24, 2.45) is 0 Å². The zero-order valence-corrected chi connectivity index (χ0v) is 9.87. The first-order chi connectivity index (χ1) is 6.83. The topological polar surface area (TPSA) is 29.1 Å². The van der Waals surface area contributed by atoms with Crippen molar-refractivity contribution in [3.05, 3.63) is 17.5 Å². The number of nitrogens with one attached hydrogen (secondary N) is 1. The van der Waals surface area contributed by atoms with Gasteiger partial charge in [0.1, 0.15) is 0 Å². The Morgan fingerprint density at radius 2 is 2.43 bits per heavy atom. The molecule has 0 aliphatic heterocycles. The van der Waals surface area contributed by atoms with Crippen LogP contribution in [0.1, 0.15) is 19.3 Å². The molecule has 78 valence electrons. The van der Waals surface area contributed by atoms with Crippen molar-refractivity contribution in [2.75, 3.05) is 7.05 Å². The number of hydrogen-bond acceptors (Lipinski definition) is 3. The second kappa shape index (κ2) is 4.55. The molecule has 1 aliphatic rings. The van der Waals surface area contributed by atoms with Gasteiger partial charge in [0.25, 0.3) is 0 Å². The largest absolute Gasteiger partial charge is 0.316 e. The van der Waals surface area contributed by atoms with Gasteiger partial charge >= 0.3 is 0 Å². The van der Waals surface area contributed by atoms with Crippen LogP contribution in [0.2, 0.25) is 0 Å². The fourth-order valence-corrected chi connectivity index (χ4v) is 4.87. The van der Waals surface area contributed by atoms with Crippen LogP contribution in [-0.4, -0.2) is 22.5 Å². The quantitative estimate of drug-likeness (QED) is 0.859. The molecule has 0 saturated heterocycles. The molecule has 1 aliphatic carbocycles. The summed E-state index contributed by atoms with van der Waals surface area (Å²) in [7, 11) is 1.17. The number of rotatable bonds is 3. The van der Waals surface area contributed by atoms with Gasteiger partial charge in [0.05, 0.1) is 20.3 Å². The van der Waals surface area contributed by atoms with Crippen LogP contribution in [0.25, 0.3) is 0 Å². The molecular formula is C10H15NOS2. The minimum absolute atomic E-state index is 0.318. The molecule has 1 N–H and O–H groups in total. The first-order valence-electron chi connectivity index (χ1n) is 4.94. The average molecular weight is 229 g/mol. The summed E-state index contributed by atoms with van der Waals surface area (Å²) in [5, 5.41) is 5.58. The van der Waals surface area contributed by atoms with Crippen LogP contribution < -0.4 is 5.32 Å². The van der Waals surface area contributed by atoms with E-state index in [1.165, 1.54) is 6.42 Å². The Hall–Kier alpha value is -0.190. The predicted molar refractivity (Wildman–Crippen MR) is 61.2 cm³/mol. The minimum atomic E-state index is -0.802. The molecule has 1 aromatic heterocycles. The summed E-state index contributed by atoms with van der Waals surface area (Å²) in [6, 6.07) is 4.39. The van der Waals surface area contributed by atoms with E-state index in [-0.39, 0.29) is 0 Å². The molecule has 3 unspecified atom stereocenters. The third-order valence-electron chi connectivity index (χ3n) is 2.79. The normalized spacial score (nSPS) is 29.2. The molecule has 1 aromatic rings. The highest BCUT2D eigenvalue weighted by Crippen LogP contribution is 2.28. The molecule has 2 rings (SSSR count). The van der Waals surface area contributed by atoms with E-state index in [0.29, 0.717) is 11.3 Å². The standard InChI is InChI=1S/C10H15NOS2/c1-11-8-4-2-5-9(8)14(12)10-6-3-7-13-10/h3,6-9,11H,2,4-5H2,1H3. The predicted octanol–water partition coefficient (Wildman–Crippen LogP) is 2.00. The van der Waals surface area contributed by atoms with Gasteiger partial charge in [-0.1, -0.05) is 12.5 Å². The van der Waals surface area contributed by atoms with Crippen LogP contribution >= 0.6 is 11.3 Å². The molecule has 0 amide bonds. The Morgan fingerprint density at radius 1 is 1.57 bits per heavy atom. The van der Waals surface area contributed by atoms with Gasteiger partial charge in [-0.05, 0) is 31.3 Å². The lowest BCUT2D eigenvalue weighted by Gasteiger charge is -2.17. The van der Waals surface area contributed by atoms with E-state index in [0.717, 1.165) is 17.1 Å². The Bertz CT molecular complexity index is 310. The fraction of sp³-hybridized carbons (Fsp3) is 0.600. The molecule has 3 atom stereocenters. The molecule has 1 saturated carbocycles. The van der Waals surface area contributed by atoms with Gasteiger partial charge in [-0.2, -0.15) is 0 Å². The van der Waals surface area contributed by atoms with Crippen molar-refractivity contribution in [3.63, 3.8) is 0 Å². The third-order valence-corrected chi connectivity index (χ3v) is 5.88. The smallest absolute Gasteiger partial charge is 0.0914 e. The zero-order valence-electron chi connectivity index (χ0n) is 8.23. The molecule has 2 nitrogen and oxygen atoms in total. The summed E-state index contributed by atoms with van der Waals surface area (Å²) >= 11 is 1.60. The first kappa shape index (κ1) is 10.3. The lowest BCUT2D eigenvalue weighted by molar-refractivity contribution is 0.576. The van der Waals surface area contributed by atoms with Gasteiger partial charge in [-0.25, -0.2) is 0 Å². The van der Waals surface area contributed by atoms with Gasteiger partial charge < -0.3 is 5.32 Å². The second-order valence-electron chi connectivity index (χ2n) is 3.59. The number of hydrogen-bond donors (Lipinski definition) is 1. The van der Waals surface area contributed by atoms with Crippen molar-refractivity contribution in [2.45, 2.75) is 34.8 Å². The molecule has 4 heteroatoms. The minimum Gasteiger partial charge on any atom is -0.316 e. The van der Waals surface area contributed by atoms with E-state index in [1.54, 1.807) is 11.3 Å². The fourth-order valence-electron chi connectivity index (χ4n) is 2.04. The maximum Gasteiger partial charge on any atom is 0.0914 e. The SMILES string of the molecule is CNC1CCCC1S(=O)c1cccs1. The Kier molecular flexibility index (Phi) is 3.36. The van der Waals surface area contributed by atoms with Crippen LogP contribution in [0.4, 0.5) is 0 Å². The van der Waals surface area contributed by atoms with E-state index in [9.17, 15) is 4.21 Å². The molecule has 0 spiro atoms. The highest BCUT2D eigenvalue weighted by Gasteiger charge is 2.31. The van der Waals surface area contributed by atoms with Crippen LogP contribution in [0, 0.1) is 0 Å². The van der Waals surface area contributed by atoms with E-state index in [1.807, 2.05) is 24.6 Å². The summed E-state index contributed by atoms with van der Waals surface area (Å²) < 4.78 is 13.2. The van der Waals surface area contributed by atoms with Crippen LogP contribution in [-0.2, 0) is 10.8 Å². The molecule has 14 heavy (non-hydrogen) atoms. The highest BCUT2D eigenvalue weighted by molar-refractivity contribution is 7.88. The van der Waals surface area contributed by atoms with Gasteiger partial charge in [0.15, 0.2) is 0 Å². The van der Waals surface area contributed by atoms with E-state index >= 15 is 0 Å². The molecular weight excluding hydrogens is 214 g/mol. The zero-order chi connectivity index (χ0) is 9.97. The van der Waals surface area contributed by atoms with Gasteiger partial charge in [0.2, 0.25) is 0 Å². The summed E-state index contributed by atoms with van der Waals surface area (Å²) in [6.07, 6.45) is 3.46. The van der Waals surface area contributed by atoms with E-state index in [4.69, 9.17) is 0 Å². The van der Waals surface area contributed by atoms with Crippen LogP contribution in [0.15, 0.2) is 21.7 Å². The molecule has 1 fully saturated rings. The lowest BCUT2D eigenvalue weighted by Crippen LogP contribution is -2.35. The summed E-state index contributed by atoms with van der Waals surface area (Å²) in [6.45, 7) is 0. The van der Waals surface area contributed by atoms with Crippen LogP contribution in [0.3, 0.4) is 0 Å². The van der Waals surface area contributed by atoms with Crippen molar-refractivity contribution in [1.29, 1.82) is 0 Å². The summed E-state index contributed by atoms with van der Waals surface area (Å²) in [5.74, 6) is 0. The highest BCUT2D eigenvalue weighted by atomic mass is 32.2. The monoisotopic (exact) mass is 229 g/mol. The Balaban J connectivity index is 2.11. The summed E-state index contributed by atoms with van der Waals surface area (Å²) in [4.78, 5) is 0. The van der Waals surface area contributed by atoms with Crippen molar-refractivity contribution < 1.29 is 4.21 Å². The average Bonchev–Trinajstić information content (AvgIpc) is 2.87. The van der Waals surface area contributed by atoms with Gasteiger partial charge in [-0.3, -0.25) is 4.21 Å². The maximum absolute atomic E-state index is 12.2. The second-order valence-corrected chi connectivity index (χ2v) is 6.44. The third kappa shape index (κ3) is 1.92. The first-order valence-corrected chi connectivity index (χ1v) is 7.03. The lowest BCUT2D eigenvalue weighted by atomic mass is 10.2. The van der Waals surface area contributed by atoms with Gasteiger partial charge in [-0.15, -0.1) is 11.3 Å². The number of thiophene rings is 1. The summed E-state index contributed by atoms with van der Waals surface area (Å²) in [5.41, 5.74) is 0. The van der Waals surface area contributed by atoms with E-state index < -0.39 is 10.8 Å². The van der Waals surface area contributed by atoms with Crippen molar-refractivity contribution in [1.82, 2.24) is 5.32 Å². The van der Waals surface area contributed by atoms with Gasteiger partial charge in [0, 0.05) is 6.04 Å². The Morgan fingerprint density at radius 3 is 3.07 bits per heavy atom. The van der Waals surface area contributed by atoms with E-state index in [2.05, 4.69) is 5.32 Å². The maximum atomic E-state index is 12.2. The molecule has 1 heterocycles. The molecule has 0 bridgehead atoms.